The molecule has 3 nitrogen and oxygen atoms in total. The predicted molar refractivity (Wildman–Crippen MR) is 51.3 cm³/mol. The van der Waals surface area contributed by atoms with Crippen molar-refractivity contribution in [2.75, 3.05) is 5.73 Å². The topological polar surface area (TPSA) is 54.7 Å². The molecule has 0 aromatic carbocycles. The second kappa shape index (κ2) is 2.28. The summed E-state index contributed by atoms with van der Waals surface area (Å²) in [6.45, 7) is 2.07. The van der Waals surface area contributed by atoms with E-state index in [2.05, 4.69) is 17.1 Å². The Morgan fingerprint density at radius 1 is 1.31 bits per heavy atom. The van der Waals surface area contributed by atoms with Gasteiger partial charge in [-0.1, -0.05) is 0 Å². The number of aromatic amines is 1. The van der Waals surface area contributed by atoms with Crippen molar-refractivity contribution in [2.45, 2.75) is 32.1 Å². The number of aromatic nitrogens is 2. The molecule has 13 heavy (non-hydrogen) atoms. The van der Waals surface area contributed by atoms with Gasteiger partial charge in [0.1, 0.15) is 5.82 Å². The molecular weight excluding hydrogens is 162 g/mol. The minimum atomic E-state index is 0.676. The van der Waals surface area contributed by atoms with Crippen molar-refractivity contribution in [3.63, 3.8) is 0 Å². The van der Waals surface area contributed by atoms with Crippen LogP contribution in [0.2, 0.25) is 0 Å². The highest BCUT2D eigenvalue weighted by Crippen LogP contribution is 2.57. The highest BCUT2D eigenvalue weighted by atomic mass is 15.2. The summed E-state index contributed by atoms with van der Waals surface area (Å²) < 4.78 is 0. The first-order valence-corrected chi connectivity index (χ1v) is 5.06. The van der Waals surface area contributed by atoms with E-state index in [1.807, 2.05) is 0 Å². The molecule has 0 spiro atoms. The van der Waals surface area contributed by atoms with Crippen LogP contribution in [0, 0.1) is 18.8 Å². The fourth-order valence-electron chi connectivity index (χ4n) is 2.77. The predicted octanol–water partition coefficient (Wildman–Crippen LogP) is 1.81. The maximum absolute atomic E-state index is 5.71. The molecule has 0 amide bonds. The zero-order valence-corrected chi connectivity index (χ0v) is 7.88. The Bertz CT molecular complexity index is 332. The van der Waals surface area contributed by atoms with E-state index in [1.54, 1.807) is 0 Å². The van der Waals surface area contributed by atoms with Crippen molar-refractivity contribution in [3.05, 3.63) is 11.3 Å². The monoisotopic (exact) mass is 177 g/mol. The van der Waals surface area contributed by atoms with Crippen molar-refractivity contribution >= 4 is 5.82 Å². The molecule has 0 saturated heterocycles. The van der Waals surface area contributed by atoms with Crippen LogP contribution in [0.4, 0.5) is 5.82 Å². The molecule has 1 heterocycles. The fraction of sp³-hybridized carbons (Fsp3) is 0.700. The smallest absolute Gasteiger partial charge is 0.148 e. The molecule has 1 aromatic heterocycles. The lowest BCUT2D eigenvalue weighted by Gasteiger charge is -2.09. The lowest BCUT2D eigenvalue weighted by atomic mass is 9.97. The Hall–Kier alpha value is -0.990. The van der Waals surface area contributed by atoms with Crippen LogP contribution in [0.3, 0.4) is 0 Å². The van der Waals surface area contributed by atoms with Crippen LogP contribution in [0.5, 0.6) is 0 Å². The van der Waals surface area contributed by atoms with Crippen LogP contribution >= 0.6 is 0 Å². The number of nitrogens with zero attached hydrogens (tertiary/aromatic N) is 1. The third kappa shape index (κ3) is 0.992. The maximum atomic E-state index is 5.71. The van der Waals surface area contributed by atoms with Gasteiger partial charge in [0.2, 0.25) is 0 Å². The molecular formula is C10H15N3. The van der Waals surface area contributed by atoms with Gasteiger partial charge in [0, 0.05) is 17.2 Å². The third-order valence-corrected chi connectivity index (χ3v) is 3.74. The van der Waals surface area contributed by atoms with Gasteiger partial charge in [0.15, 0.2) is 0 Å². The van der Waals surface area contributed by atoms with E-state index < -0.39 is 0 Å². The number of nitrogen functional groups attached to an aromatic ring is 1. The zero-order valence-electron chi connectivity index (χ0n) is 7.88. The van der Waals surface area contributed by atoms with Crippen LogP contribution in [0.15, 0.2) is 0 Å². The van der Waals surface area contributed by atoms with E-state index in [4.69, 9.17) is 5.73 Å². The Morgan fingerprint density at radius 2 is 2.00 bits per heavy atom. The summed E-state index contributed by atoms with van der Waals surface area (Å²) in [5, 5.41) is 7.14. The van der Waals surface area contributed by atoms with E-state index in [1.165, 1.54) is 30.5 Å². The van der Waals surface area contributed by atoms with E-state index >= 15 is 0 Å². The van der Waals surface area contributed by atoms with Gasteiger partial charge in [-0.25, -0.2) is 0 Å². The summed E-state index contributed by atoms with van der Waals surface area (Å²) in [5.41, 5.74) is 8.18. The molecule has 2 fully saturated rings. The van der Waals surface area contributed by atoms with Crippen molar-refractivity contribution < 1.29 is 0 Å². The molecule has 2 aliphatic carbocycles. The van der Waals surface area contributed by atoms with Gasteiger partial charge >= 0.3 is 0 Å². The van der Waals surface area contributed by atoms with E-state index in [-0.39, 0.29) is 0 Å². The number of fused-ring (bicyclic) bond motifs is 1. The number of nitrogens with two attached hydrogens (primary N) is 1. The van der Waals surface area contributed by atoms with Gasteiger partial charge in [0.25, 0.3) is 0 Å². The SMILES string of the molecule is Cc1c(N)n[nH]c1C1CC2CC2C1. The second-order valence-electron chi connectivity index (χ2n) is 4.57. The molecule has 3 rings (SSSR count). The summed E-state index contributed by atoms with van der Waals surface area (Å²) in [7, 11) is 0. The van der Waals surface area contributed by atoms with E-state index in [0.717, 1.165) is 11.8 Å². The van der Waals surface area contributed by atoms with Gasteiger partial charge in [-0.15, -0.1) is 0 Å². The van der Waals surface area contributed by atoms with E-state index in [0.29, 0.717) is 11.7 Å². The second-order valence-corrected chi connectivity index (χ2v) is 4.57. The first-order chi connectivity index (χ1) is 6.25. The number of hydrogen-bond acceptors (Lipinski definition) is 2. The Balaban J connectivity index is 1.88. The Morgan fingerprint density at radius 3 is 2.54 bits per heavy atom. The highest BCUT2D eigenvalue weighted by molar-refractivity contribution is 5.42. The first-order valence-electron chi connectivity index (χ1n) is 5.06. The molecule has 0 radical (unpaired) electrons. The lowest BCUT2D eigenvalue weighted by molar-refractivity contribution is 0.603. The normalized spacial score (nSPS) is 36.2. The van der Waals surface area contributed by atoms with Crippen LogP contribution in [0.1, 0.15) is 36.4 Å². The quantitative estimate of drug-likeness (QED) is 0.687. The van der Waals surface area contributed by atoms with Gasteiger partial charge < -0.3 is 5.73 Å². The molecule has 2 unspecified atom stereocenters. The average molecular weight is 177 g/mol. The Labute approximate surface area is 77.7 Å². The summed E-state index contributed by atoms with van der Waals surface area (Å²) in [6, 6.07) is 0. The molecule has 1 aromatic rings. The minimum Gasteiger partial charge on any atom is -0.382 e. The summed E-state index contributed by atoms with van der Waals surface area (Å²) in [4.78, 5) is 0. The molecule has 0 bridgehead atoms. The number of anilines is 1. The molecule has 2 aliphatic rings. The molecule has 70 valence electrons. The van der Waals surface area contributed by atoms with Crippen LogP contribution < -0.4 is 5.73 Å². The van der Waals surface area contributed by atoms with E-state index in [9.17, 15) is 0 Å². The third-order valence-electron chi connectivity index (χ3n) is 3.74. The Kier molecular flexibility index (Phi) is 1.30. The highest BCUT2D eigenvalue weighted by Gasteiger charge is 2.46. The van der Waals surface area contributed by atoms with Gasteiger partial charge in [-0.3, -0.25) is 5.10 Å². The lowest BCUT2D eigenvalue weighted by Crippen LogP contribution is -1.98. The van der Waals surface area contributed by atoms with Gasteiger partial charge in [-0.05, 0) is 38.0 Å². The van der Waals surface area contributed by atoms with Crippen LogP contribution in [0.25, 0.3) is 0 Å². The van der Waals surface area contributed by atoms with Crippen molar-refractivity contribution in [1.82, 2.24) is 10.2 Å². The minimum absolute atomic E-state index is 0.676. The number of hydrogen-bond donors (Lipinski definition) is 2. The van der Waals surface area contributed by atoms with Crippen LogP contribution in [-0.4, -0.2) is 10.2 Å². The number of rotatable bonds is 1. The molecule has 2 atom stereocenters. The van der Waals surface area contributed by atoms with Gasteiger partial charge in [0.05, 0.1) is 0 Å². The van der Waals surface area contributed by atoms with Gasteiger partial charge in [-0.2, -0.15) is 5.10 Å². The number of nitrogens with one attached hydrogen (secondary N) is 1. The maximum Gasteiger partial charge on any atom is 0.148 e. The summed E-state index contributed by atoms with van der Waals surface area (Å²) in [6.07, 6.45) is 4.18. The number of H-pyrrole nitrogens is 1. The van der Waals surface area contributed by atoms with Crippen LogP contribution in [-0.2, 0) is 0 Å². The largest absolute Gasteiger partial charge is 0.382 e. The first kappa shape index (κ1) is 7.42. The molecule has 0 aliphatic heterocycles. The van der Waals surface area contributed by atoms with Crippen molar-refractivity contribution in [3.8, 4) is 0 Å². The summed E-state index contributed by atoms with van der Waals surface area (Å²) >= 11 is 0. The van der Waals surface area contributed by atoms with Crippen molar-refractivity contribution in [1.29, 1.82) is 0 Å². The summed E-state index contributed by atoms with van der Waals surface area (Å²) in [5.74, 6) is 3.44. The van der Waals surface area contributed by atoms with Crippen molar-refractivity contribution in [2.24, 2.45) is 11.8 Å². The average Bonchev–Trinajstić information content (AvgIpc) is 2.58. The standard InChI is InChI=1S/C10H15N3/c1-5-9(12-13-10(5)11)8-3-6-2-7(6)4-8/h6-8H,2-4H2,1H3,(H3,11,12,13). The molecule has 2 saturated carbocycles. The fourth-order valence-corrected chi connectivity index (χ4v) is 2.77. The zero-order chi connectivity index (χ0) is 9.00. The molecule has 3 N–H and O–H groups in total. The molecule has 3 heteroatoms.